The van der Waals surface area contributed by atoms with Gasteiger partial charge in [0.05, 0.1) is 30.1 Å². The van der Waals surface area contributed by atoms with Crippen molar-refractivity contribution in [3.05, 3.63) is 27.2 Å². The van der Waals surface area contributed by atoms with Crippen LogP contribution in [-0.4, -0.2) is 22.5 Å². The molecule has 106 valence electrons. The fraction of sp³-hybridized carbons (Fsp3) is 0.462. The van der Waals surface area contributed by atoms with Crippen LogP contribution < -0.4 is 5.32 Å². The van der Waals surface area contributed by atoms with E-state index in [1.807, 2.05) is 17.8 Å². The van der Waals surface area contributed by atoms with Crippen molar-refractivity contribution >= 4 is 33.8 Å². The largest absolute Gasteiger partial charge is 0.465 e. The molecule has 1 N–H and O–H groups in total. The highest BCUT2D eigenvalue weighted by Crippen LogP contribution is 2.39. The Bertz CT molecular complexity index is 595. The molecule has 1 aliphatic carbocycles. The first kappa shape index (κ1) is 13.5. The van der Waals surface area contributed by atoms with Crippen molar-refractivity contribution in [3.63, 3.8) is 0 Å². The Balaban J connectivity index is 1.68. The predicted molar refractivity (Wildman–Crippen MR) is 79.2 cm³/mol. The Kier molecular flexibility index (Phi) is 3.98. The predicted octanol–water partition coefficient (Wildman–Crippen LogP) is 2.80. The molecule has 0 fully saturated rings. The second-order valence-corrected chi connectivity index (χ2v) is 6.31. The molecular formula is C13H15N3O2S2. The number of nitrogens with zero attached hydrogens (tertiary/aromatic N) is 2. The first-order valence-electron chi connectivity index (χ1n) is 6.55. The van der Waals surface area contributed by atoms with Gasteiger partial charge in [-0.05, 0) is 19.8 Å². The normalized spacial score (nSPS) is 16.9. The van der Waals surface area contributed by atoms with Crippen LogP contribution in [0.25, 0.3) is 0 Å². The number of carbonyl (C=O) groups excluding carboxylic acids is 1. The number of ether oxygens (including phenoxy) is 1. The summed E-state index contributed by atoms with van der Waals surface area (Å²) >= 11 is 3.21. The van der Waals surface area contributed by atoms with Gasteiger partial charge in [-0.25, -0.2) is 9.97 Å². The molecule has 2 aromatic rings. The molecule has 7 heteroatoms. The second-order valence-electron chi connectivity index (χ2n) is 4.50. The minimum absolute atomic E-state index is 0.150. The van der Waals surface area contributed by atoms with Crippen LogP contribution in [0.4, 0.5) is 5.13 Å². The van der Waals surface area contributed by atoms with E-state index in [1.54, 1.807) is 22.7 Å². The molecule has 3 rings (SSSR count). The number of thiazole rings is 2. The minimum atomic E-state index is -0.184. The Morgan fingerprint density at radius 3 is 3.25 bits per heavy atom. The van der Waals surface area contributed by atoms with Crippen LogP contribution in [0.15, 0.2) is 10.9 Å². The lowest BCUT2D eigenvalue weighted by molar-refractivity contribution is -0.145. The summed E-state index contributed by atoms with van der Waals surface area (Å²) in [5.41, 5.74) is 3.72. The van der Waals surface area contributed by atoms with Crippen molar-refractivity contribution in [1.29, 1.82) is 0 Å². The monoisotopic (exact) mass is 309 g/mol. The average Bonchev–Trinajstić information content (AvgIpc) is 3.13. The first-order valence-corrected chi connectivity index (χ1v) is 8.31. The number of fused-ring (bicyclic) bond motifs is 1. The molecule has 0 radical (unpaired) electrons. The number of hydrogen-bond acceptors (Lipinski definition) is 7. The molecule has 0 spiro atoms. The smallest absolute Gasteiger partial charge is 0.315 e. The van der Waals surface area contributed by atoms with E-state index in [1.165, 1.54) is 4.88 Å². The van der Waals surface area contributed by atoms with E-state index < -0.39 is 0 Å². The molecule has 20 heavy (non-hydrogen) atoms. The maximum Gasteiger partial charge on any atom is 0.315 e. The highest BCUT2D eigenvalue weighted by molar-refractivity contribution is 7.15. The lowest BCUT2D eigenvalue weighted by atomic mass is 10.1. The number of hydrogen-bond donors (Lipinski definition) is 1. The van der Waals surface area contributed by atoms with Gasteiger partial charge in [-0.2, -0.15) is 0 Å². The van der Waals surface area contributed by atoms with Crippen LogP contribution in [0.5, 0.6) is 0 Å². The minimum Gasteiger partial charge on any atom is -0.465 e. The summed E-state index contributed by atoms with van der Waals surface area (Å²) < 4.78 is 5.11. The maximum absolute atomic E-state index is 11.9. The quantitative estimate of drug-likeness (QED) is 0.860. The van der Waals surface area contributed by atoms with Gasteiger partial charge in [0.15, 0.2) is 5.13 Å². The van der Waals surface area contributed by atoms with E-state index in [-0.39, 0.29) is 11.9 Å². The van der Waals surface area contributed by atoms with Crippen molar-refractivity contribution in [2.75, 3.05) is 11.9 Å². The summed E-state index contributed by atoms with van der Waals surface area (Å²) in [7, 11) is 0. The SMILES string of the molecule is CCOC(=O)C1CCc2sc(NCc3cscn3)nc21. The van der Waals surface area contributed by atoms with Crippen LogP contribution in [0.3, 0.4) is 0 Å². The Labute approximate surface area is 125 Å². The van der Waals surface area contributed by atoms with Crippen molar-refractivity contribution in [1.82, 2.24) is 9.97 Å². The molecule has 0 aliphatic heterocycles. The van der Waals surface area contributed by atoms with Gasteiger partial charge in [0.25, 0.3) is 0 Å². The summed E-state index contributed by atoms with van der Waals surface area (Å²) in [6.45, 7) is 2.92. The van der Waals surface area contributed by atoms with E-state index in [2.05, 4.69) is 15.3 Å². The van der Waals surface area contributed by atoms with Gasteiger partial charge in [-0.15, -0.1) is 22.7 Å². The van der Waals surface area contributed by atoms with Crippen molar-refractivity contribution in [2.24, 2.45) is 0 Å². The molecule has 1 aliphatic rings. The van der Waals surface area contributed by atoms with E-state index in [0.29, 0.717) is 13.2 Å². The highest BCUT2D eigenvalue weighted by atomic mass is 32.1. The molecule has 0 amide bonds. The standard InChI is InChI=1S/C13H15N3O2S2/c1-2-18-12(17)9-3-4-10-11(9)16-13(20-10)14-5-8-6-19-7-15-8/h6-7,9H,2-5H2,1H3,(H,14,16). The summed E-state index contributed by atoms with van der Waals surface area (Å²) in [6, 6.07) is 0. The molecule has 1 atom stereocenters. The van der Waals surface area contributed by atoms with Crippen LogP contribution in [-0.2, 0) is 22.5 Å². The molecule has 0 saturated heterocycles. The summed E-state index contributed by atoms with van der Waals surface area (Å²) in [6.07, 6.45) is 1.73. The number of rotatable bonds is 5. The Hall–Kier alpha value is -1.47. The van der Waals surface area contributed by atoms with E-state index in [4.69, 9.17) is 4.74 Å². The molecule has 0 aromatic carbocycles. The number of nitrogens with one attached hydrogen (secondary N) is 1. The lowest BCUT2D eigenvalue weighted by Gasteiger charge is -2.07. The fourth-order valence-corrected chi connectivity index (χ4v) is 3.86. The highest BCUT2D eigenvalue weighted by Gasteiger charge is 2.33. The van der Waals surface area contributed by atoms with E-state index >= 15 is 0 Å². The average molecular weight is 309 g/mol. The molecule has 5 nitrogen and oxygen atoms in total. The van der Waals surface area contributed by atoms with Gasteiger partial charge in [0, 0.05) is 10.3 Å². The zero-order valence-electron chi connectivity index (χ0n) is 11.1. The van der Waals surface area contributed by atoms with Gasteiger partial charge in [-0.3, -0.25) is 4.79 Å². The van der Waals surface area contributed by atoms with E-state index in [9.17, 15) is 4.79 Å². The molecule has 0 saturated carbocycles. The number of aryl methyl sites for hydroxylation is 1. The Morgan fingerprint density at radius 1 is 1.60 bits per heavy atom. The summed E-state index contributed by atoms with van der Waals surface area (Å²) in [4.78, 5) is 21.9. The molecule has 2 aromatic heterocycles. The third-order valence-electron chi connectivity index (χ3n) is 3.19. The summed E-state index contributed by atoms with van der Waals surface area (Å²) in [5.74, 6) is -0.335. The topological polar surface area (TPSA) is 64.1 Å². The fourth-order valence-electron chi connectivity index (χ4n) is 2.27. The van der Waals surface area contributed by atoms with Crippen LogP contribution >= 0.6 is 22.7 Å². The summed E-state index contributed by atoms with van der Waals surface area (Å²) in [5, 5.41) is 6.14. The number of anilines is 1. The maximum atomic E-state index is 11.9. The second kappa shape index (κ2) is 5.88. The zero-order valence-corrected chi connectivity index (χ0v) is 12.7. The van der Waals surface area contributed by atoms with Crippen LogP contribution in [0.2, 0.25) is 0 Å². The molecule has 1 unspecified atom stereocenters. The molecular weight excluding hydrogens is 294 g/mol. The Morgan fingerprint density at radius 2 is 2.50 bits per heavy atom. The first-order chi connectivity index (χ1) is 9.78. The molecule has 2 heterocycles. The third-order valence-corrected chi connectivity index (χ3v) is 4.92. The number of aromatic nitrogens is 2. The van der Waals surface area contributed by atoms with Crippen LogP contribution in [0.1, 0.15) is 35.5 Å². The van der Waals surface area contributed by atoms with E-state index in [0.717, 1.165) is 29.4 Å². The van der Waals surface area contributed by atoms with Gasteiger partial charge in [0.2, 0.25) is 0 Å². The lowest BCUT2D eigenvalue weighted by Crippen LogP contribution is -2.14. The van der Waals surface area contributed by atoms with Gasteiger partial charge >= 0.3 is 5.97 Å². The van der Waals surface area contributed by atoms with Gasteiger partial charge in [-0.1, -0.05) is 0 Å². The molecule has 0 bridgehead atoms. The van der Waals surface area contributed by atoms with Crippen LogP contribution in [0, 0.1) is 0 Å². The van der Waals surface area contributed by atoms with Gasteiger partial charge < -0.3 is 10.1 Å². The number of esters is 1. The third kappa shape index (κ3) is 2.69. The van der Waals surface area contributed by atoms with Crippen molar-refractivity contribution in [2.45, 2.75) is 32.2 Å². The van der Waals surface area contributed by atoms with Gasteiger partial charge in [0.1, 0.15) is 5.92 Å². The van der Waals surface area contributed by atoms with Crippen molar-refractivity contribution < 1.29 is 9.53 Å². The zero-order chi connectivity index (χ0) is 13.9. The van der Waals surface area contributed by atoms with Crippen molar-refractivity contribution in [3.8, 4) is 0 Å². The number of carbonyl (C=O) groups is 1.